The van der Waals surface area contributed by atoms with Crippen LogP contribution in [0.25, 0.3) is 0 Å². The Labute approximate surface area is 323 Å². The summed E-state index contributed by atoms with van der Waals surface area (Å²) in [5.74, 6) is 1.81. The molecule has 1 amide bonds. The van der Waals surface area contributed by atoms with E-state index in [1.54, 1.807) is 48.1 Å². The summed E-state index contributed by atoms with van der Waals surface area (Å²) in [4.78, 5) is 32.3. The minimum absolute atomic E-state index is 0.110. The predicted molar refractivity (Wildman–Crippen MR) is 210 cm³/mol. The number of carbonyl (C=O) groups excluding carboxylic acids is 1. The minimum Gasteiger partial charge on any atom is -0.493 e. The number of carboxylic acids is 1. The van der Waals surface area contributed by atoms with Gasteiger partial charge < -0.3 is 24.8 Å². The lowest BCUT2D eigenvalue weighted by molar-refractivity contribution is -0.144. The molecule has 11 heteroatoms. The Bertz CT molecular complexity index is 1990. The highest BCUT2D eigenvalue weighted by atomic mass is 35.5. The van der Waals surface area contributed by atoms with Gasteiger partial charge >= 0.3 is 5.97 Å². The summed E-state index contributed by atoms with van der Waals surface area (Å²) in [6.07, 6.45) is 11.1. The van der Waals surface area contributed by atoms with Crippen molar-refractivity contribution in [2.45, 2.75) is 88.5 Å². The van der Waals surface area contributed by atoms with Gasteiger partial charge in [0, 0.05) is 48.5 Å². The number of benzene rings is 2. The number of anilines is 1. The van der Waals surface area contributed by atoms with Crippen molar-refractivity contribution in [3.8, 4) is 11.5 Å². The van der Waals surface area contributed by atoms with Gasteiger partial charge in [0.1, 0.15) is 29.3 Å². The summed E-state index contributed by atoms with van der Waals surface area (Å²) >= 11 is 6.29. The third kappa shape index (κ3) is 7.54. The van der Waals surface area contributed by atoms with Crippen LogP contribution in [0.1, 0.15) is 97.6 Å². The predicted octanol–water partition coefficient (Wildman–Crippen LogP) is 8.08. The number of nitrogens with zero attached hydrogens (tertiary/aromatic N) is 4. The highest BCUT2D eigenvalue weighted by Gasteiger charge is 2.54. The third-order valence-electron chi connectivity index (χ3n) is 12.3. The highest BCUT2D eigenvalue weighted by Crippen LogP contribution is 2.57. The Morgan fingerprint density at radius 2 is 1.91 bits per heavy atom. The van der Waals surface area contributed by atoms with Crippen molar-refractivity contribution in [1.29, 1.82) is 0 Å². The molecule has 0 bridgehead atoms. The van der Waals surface area contributed by atoms with Crippen molar-refractivity contribution in [1.82, 2.24) is 19.7 Å². The molecule has 3 atom stereocenters. The van der Waals surface area contributed by atoms with Gasteiger partial charge in [-0.05, 0) is 135 Å². The number of fused-ring (bicyclic) bond motifs is 3. The zero-order valence-electron chi connectivity index (χ0n) is 31.8. The smallest absolute Gasteiger partial charge is 0.329 e. The molecule has 2 heterocycles. The molecule has 0 aliphatic heterocycles. The SMILES string of the molecule is C[C@@H](COc1ccnc2c1[C@H](C)CCC2)CC1Cc2ccc(OCCN(C)C(=O)c3ccnn3C)cc2C12CCC(Nc1cccc(Cl)c1)(C(=O)O)CC2. The fourth-order valence-electron chi connectivity index (χ4n) is 9.35. The van der Waals surface area contributed by atoms with Crippen LogP contribution in [0.4, 0.5) is 5.69 Å². The van der Waals surface area contributed by atoms with Crippen LogP contribution >= 0.6 is 11.6 Å². The van der Waals surface area contributed by atoms with E-state index in [0.29, 0.717) is 60.8 Å². The van der Waals surface area contributed by atoms with E-state index in [1.165, 1.54) is 28.8 Å². The van der Waals surface area contributed by atoms with Crippen molar-refractivity contribution < 1.29 is 24.2 Å². The van der Waals surface area contributed by atoms with Crippen LogP contribution in [0.5, 0.6) is 11.5 Å². The van der Waals surface area contributed by atoms with E-state index < -0.39 is 11.5 Å². The van der Waals surface area contributed by atoms with E-state index in [-0.39, 0.29) is 17.2 Å². The maximum Gasteiger partial charge on any atom is 0.329 e. The van der Waals surface area contributed by atoms with Crippen LogP contribution in [-0.2, 0) is 30.1 Å². The van der Waals surface area contributed by atoms with Gasteiger partial charge in [0.15, 0.2) is 0 Å². The van der Waals surface area contributed by atoms with Crippen LogP contribution in [0.2, 0.25) is 5.02 Å². The normalized spacial score (nSPS) is 23.6. The number of hydrogen-bond donors (Lipinski definition) is 2. The molecule has 1 saturated carbocycles. The number of hydrogen-bond acceptors (Lipinski definition) is 7. The zero-order chi connectivity index (χ0) is 38.0. The fourth-order valence-corrected chi connectivity index (χ4v) is 9.54. The molecule has 3 aliphatic carbocycles. The number of rotatable bonds is 13. The lowest BCUT2D eigenvalue weighted by Gasteiger charge is -2.47. The average molecular weight is 754 g/mol. The Balaban J connectivity index is 1.10. The summed E-state index contributed by atoms with van der Waals surface area (Å²) in [5, 5.41) is 18.7. The van der Waals surface area contributed by atoms with Crippen molar-refractivity contribution in [2.24, 2.45) is 18.9 Å². The second-order valence-electron chi connectivity index (χ2n) is 15.9. The minimum atomic E-state index is -1.10. The van der Waals surface area contributed by atoms with E-state index in [4.69, 9.17) is 21.1 Å². The molecule has 3 aliphatic rings. The monoisotopic (exact) mass is 753 g/mol. The summed E-state index contributed by atoms with van der Waals surface area (Å²) < 4.78 is 14.5. The molecule has 286 valence electrons. The van der Waals surface area contributed by atoms with Crippen LogP contribution in [0, 0.1) is 11.8 Å². The lowest BCUT2D eigenvalue weighted by Crippen LogP contribution is -2.53. The molecule has 2 aromatic heterocycles. The number of ether oxygens (including phenoxy) is 2. The first-order chi connectivity index (χ1) is 26.0. The molecule has 1 fully saturated rings. The van der Waals surface area contributed by atoms with E-state index in [1.807, 2.05) is 30.5 Å². The fraction of sp³-hybridized carbons (Fsp3) is 0.488. The van der Waals surface area contributed by atoms with E-state index in [0.717, 1.165) is 50.0 Å². The Hall–Kier alpha value is -4.57. The molecule has 0 saturated heterocycles. The molecule has 0 radical (unpaired) electrons. The molecule has 10 nitrogen and oxygen atoms in total. The summed E-state index contributed by atoms with van der Waals surface area (Å²) in [7, 11) is 3.52. The van der Waals surface area contributed by atoms with Crippen LogP contribution in [-0.4, -0.2) is 69.0 Å². The Kier molecular flexibility index (Phi) is 10.9. The molecule has 54 heavy (non-hydrogen) atoms. The van der Waals surface area contributed by atoms with Gasteiger partial charge in [-0.25, -0.2) is 4.79 Å². The summed E-state index contributed by atoms with van der Waals surface area (Å²) in [5.41, 5.74) is 4.92. The van der Waals surface area contributed by atoms with Gasteiger partial charge in [0.25, 0.3) is 5.91 Å². The molecule has 4 aromatic rings. The van der Waals surface area contributed by atoms with Gasteiger partial charge in [-0.2, -0.15) is 5.10 Å². The maximum atomic E-state index is 13.0. The van der Waals surface area contributed by atoms with Crippen LogP contribution in [0.15, 0.2) is 67.0 Å². The van der Waals surface area contributed by atoms with E-state index in [9.17, 15) is 14.7 Å². The first-order valence-electron chi connectivity index (χ1n) is 19.4. The van der Waals surface area contributed by atoms with Gasteiger partial charge in [-0.1, -0.05) is 37.6 Å². The van der Waals surface area contributed by atoms with Gasteiger partial charge in [0.05, 0.1) is 13.2 Å². The summed E-state index contributed by atoms with van der Waals surface area (Å²) in [6, 6.07) is 17.4. The molecule has 1 unspecified atom stereocenters. The standard InChI is InChI=1S/C43H52ClN5O5/c1-28(27-54-38-14-19-45-36-10-5-7-29(2)39(36)38)23-31-24-30-11-12-34(53-22-21-48(3)40(50)37-13-20-46-49(37)4)26-35(30)42(31)15-17-43(18-16-42,41(51)52)47-33-9-6-8-32(44)25-33/h6,8-9,11-14,19-20,25-26,28-29,31,47H,5,7,10,15-18,21-24,27H2,1-4H3,(H,51,52)/t28-,29-,31?,42?,43?/m1/s1. The maximum absolute atomic E-state index is 13.0. The molecular weight excluding hydrogens is 702 g/mol. The number of amides is 1. The van der Waals surface area contributed by atoms with Crippen molar-refractivity contribution in [3.05, 3.63) is 100 Å². The lowest BCUT2D eigenvalue weighted by atomic mass is 9.59. The number of likely N-dealkylation sites (N-methyl/N-ethyl adjacent to an activating group) is 1. The Morgan fingerprint density at radius 1 is 1.09 bits per heavy atom. The second-order valence-corrected chi connectivity index (χ2v) is 16.4. The number of carboxylic acid groups (broad SMARTS) is 1. The molecule has 2 aromatic carbocycles. The van der Waals surface area contributed by atoms with E-state index in [2.05, 4.69) is 41.4 Å². The highest BCUT2D eigenvalue weighted by molar-refractivity contribution is 6.30. The van der Waals surface area contributed by atoms with Crippen LogP contribution in [0.3, 0.4) is 0 Å². The quantitative estimate of drug-likeness (QED) is 0.141. The van der Waals surface area contributed by atoms with Gasteiger partial charge in [-0.3, -0.25) is 14.5 Å². The summed E-state index contributed by atoms with van der Waals surface area (Å²) in [6.45, 7) is 5.92. The first kappa shape index (κ1) is 37.7. The Morgan fingerprint density at radius 3 is 2.65 bits per heavy atom. The second kappa shape index (κ2) is 15.7. The average Bonchev–Trinajstić information content (AvgIpc) is 3.71. The van der Waals surface area contributed by atoms with Crippen molar-refractivity contribution >= 4 is 29.2 Å². The molecule has 7 rings (SSSR count). The zero-order valence-corrected chi connectivity index (χ0v) is 32.6. The number of nitrogens with one attached hydrogen (secondary N) is 1. The molecular formula is C43H52ClN5O5. The van der Waals surface area contributed by atoms with Crippen molar-refractivity contribution in [3.63, 3.8) is 0 Å². The largest absolute Gasteiger partial charge is 0.493 e. The number of pyridine rings is 1. The van der Waals surface area contributed by atoms with Crippen LogP contribution < -0.4 is 14.8 Å². The topological polar surface area (TPSA) is 119 Å². The molecule has 2 N–H and O–H groups in total. The number of aliphatic carboxylic acids is 1. The van der Waals surface area contributed by atoms with Crippen molar-refractivity contribution in [2.75, 3.05) is 32.1 Å². The third-order valence-corrected chi connectivity index (χ3v) is 12.6. The van der Waals surface area contributed by atoms with Gasteiger partial charge in [0.2, 0.25) is 0 Å². The number of aryl methyl sites for hydroxylation is 2. The van der Waals surface area contributed by atoms with E-state index >= 15 is 0 Å². The molecule has 1 spiro atoms. The van der Waals surface area contributed by atoms with Gasteiger partial charge in [-0.15, -0.1) is 0 Å². The number of carbonyl (C=O) groups is 2. The number of halogens is 1. The number of aromatic nitrogens is 3. The first-order valence-corrected chi connectivity index (χ1v) is 19.7.